The number of para-hydroxylation sites is 1. The summed E-state index contributed by atoms with van der Waals surface area (Å²) in [6.45, 7) is 4.22. The number of hydrogen-bond donors (Lipinski definition) is 0. The highest BCUT2D eigenvalue weighted by atomic mass is 16.2. The van der Waals surface area contributed by atoms with E-state index in [1.165, 1.54) is 16.7 Å². The van der Waals surface area contributed by atoms with Crippen molar-refractivity contribution < 1.29 is 9.59 Å². The molecule has 1 fully saturated rings. The highest BCUT2D eigenvalue weighted by Crippen LogP contribution is 2.35. The molecule has 5 rings (SSSR count). The average molecular weight is 418 g/mol. The Morgan fingerprint density at radius 1 is 0.806 bits per heavy atom. The van der Waals surface area contributed by atoms with Crippen LogP contribution in [0.2, 0.25) is 0 Å². The van der Waals surface area contributed by atoms with Gasteiger partial charge in [0.05, 0.1) is 6.54 Å². The highest BCUT2D eigenvalue weighted by Gasteiger charge is 2.29. The fourth-order valence-corrected chi connectivity index (χ4v) is 5.42. The molecule has 1 unspecified atom stereocenters. The van der Waals surface area contributed by atoms with E-state index in [0.717, 1.165) is 64.1 Å². The fraction of sp³-hybridized carbons (Fsp3) is 0.462. The molecule has 0 aromatic heterocycles. The summed E-state index contributed by atoms with van der Waals surface area (Å²) < 4.78 is 0. The first-order valence-corrected chi connectivity index (χ1v) is 11.7. The van der Waals surface area contributed by atoms with Crippen molar-refractivity contribution in [1.82, 2.24) is 9.80 Å². The second-order valence-electron chi connectivity index (χ2n) is 9.07. The van der Waals surface area contributed by atoms with Crippen LogP contribution in [0.1, 0.15) is 41.9 Å². The monoisotopic (exact) mass is 417 g/mol. The van der Waals surface area contributed by atoms with Gasteiger partial charge in [0.1, 0.15) is 0 Å². The third-order valence-electron chi connectivity index (χ3n) is 7.17. The van der Waals surface area contributed by atoms with Crippen molar-refractivity contribution in [3.8, 4) is 0 Å². The zero-order valence-electron chi connectivity index (χ0n) is 18.1. The molecule has 2 aromatic carbocycles. The molecule has 1 atom stereocenters. The molecule has 0 N–H and O–H groups in total. The van der Waals surface area contributed by atoms with Gasteiger partial charge in [-0.25, -0.2) is 0 Å². The molecule has 0 radical (unpaired) electrons. The molecule has 1 aliphatic carbocycles. The summed E-state index contributed by atoms with van der Waals surface area (Å²) in [5, 5.41) is 0. The van der Waals surface area contributed by atoms with Gasteiger partial charge in [-0.05, 0) is 54.4 Å². The van der Waals surface area contributed by atoms with Crippen LogP contribution in [-0.4, -0.2) is 60.9 Å². The third-order valence-corrected chi connectivity index (χ3v) is 7.17. The van der Waals surface area contributed by atoms with E-state index < -0.39 is 0 Å². The predicted octanol–water partition coefficient (Wildman–Crippen LogP) is 3.23. The Kier molecular flexibility index (Phi) is 5.77. The van der Waals surface area contributed by atoms with Gasteiger partial charge in [0.25, 0.3) is 0 Å². The van der Waals surface area contributed by atoms with E-state index in [4.69, 9.17) is 0 Å². The molecule has 5 nitrogen and oxygen atoms in total. The Labute approximate surface area is 184 Å². The van der Waals surface area contributed by atoms with Gasteiger partial charge in [0.15, 0.2) is 0 Å². The van der Waals surface area contributed by atoms with E-state index in [9.17, 15) is 9.59 Å². The van der Waals surface area contributed by atoms with Crippen molar-refractivity contribution in [2.24, 2.45) is 0 Å². The Bertz CT molecular complexity index is 965. The number of piperazine rings is 1. The SMILES string of the molecule is O=C(CC1CCc2ccccc21)N1CCN(CC(=O)N2CCCc3ccccc32)CC1. The second-order valence-corrected chi connectivity index (χ2v) is 9.07. The molecule has 0 bridgehead atoms. The van der Waals surface area contributed by atoms with Crippen molar-refractivity contribution >= 4 is 17.5 Å². The number of benzene rings is 2. The van der Waals surface area contributed by atoms with Crippen molar-refractivity contribution in [2.45, 2.75) is 38.0 Å². The summed E-state index contributed by atoms with van der Waals surface area (Å²) >= 11 is 0. The van der Waals surface area contributed by atoms with Crippen molar-refractivity contribution in [1.29, 1.82) is 0 Å². The van der Waals surface area contributed by atoms with Crippen LogP contribution < -0.4 is 4.90 Å². The summed E-state index contributed by atoms with van der Waals surface area (Å²) in [5.74, 6) is 0.801. The number of rotatable bonds is 4. The van der Waals surface area contributed by atoms with E-state index in [0.29, 0.717) is 18.9 Å². The lowest BCUT2D eigenvalue weighted by Crippen LogP contribution is -2.52. The van der Waals surface area contributed by atoms with Gasteiger partial charge in [0, 0.05) is 44.8 Å². The number of aryl methyl sites for hydroxylation is 2. The van der Waals surface area contributed by atoms with Gasteiger partial charge in [-0.1, -0.05) is 42.5 Å². The third kappa shape index (κ3) is 4.24. The first-order valence-electron chi connectivity index (χ1n) is 11.7. The number of nitrogens with zero attached hydrogens (tertiary/aromatic N) is 3. The highest BCUT2D eigenvalue weighted by molar-refractivity contribution is 5.96. The molecule has 0 spiro atoms. The summed E-state index contributed by atoms with van der Waals surface area (Å²) in [5.41, 5.74) is 5.11. The minimum Gasteiger partial charge on any atom is -0.340 e. The van der Waals surface area contributed by atoms with Crippen LogP contribution in [0, 0.1) is 0 Å². The molecule has 2 aromatic rings. The maximum Gasteiger partial charge on any atom is 0.241 e. The van der Waals surface area contributed by atoms with Crippen LogP contribution >= 0.6 is 0 Å². The quantitative estimate of drug-likeness (QED) is 0.767. The molecule has 1 saturated heterocycles. The molecule has 31 heavy (non-hydrogen) atoms. The fourth-order valence-electron chi connectivity index (χ4n) is 5.42. The zero-order valence-corrected chi connectivity index (χ0v) is 18.1. The van der Waals surface area contributed by atoms with Crippen LogP contribution in [0.25, 0.3) is 0 Å². The minimum atomic E-state index is 0.175. The number of carbonyl (C=O) groups is 2. The number of anilines is 1. The molecule has 2 heterocycles. The first-order chi connectivity index (χ1) is 15.2. The summed E-state index contributed by atoms with van der Waals surface area (Å²) in [6, 6.07) is 16.8. The number of hydrogen-bond acceptors (Lipinski definition) is 3. The van der Waals surface area contributed by atoms with Crippen LogP contribution in [0.4, 0.5) is 5.69 Å². The van der Waals surface area contributed by atoms with Crippen LogP contribution in [0.15, 0.2) is 48.5 Å². The van der Waals surface area contributed by atoms with E-state index in [1.54, 1.807) is 0 Å². The lowest BCUT2D eigenvalue weighted by Gasteiger charge is -2.36. The minimum absolute atomic E-state index is 0.175. The Balaban J connectivity index is 1.13. The molecular weight excluding hydrogens is 386 g/mol. The lowest BCUT2D eigenvalue weighted by atomic mass is 9.97. The molecular formula is C26H31N3O2. The number of carbonyl (C=O) groups excluding carboxylic acids is 2. The predicted molar refractivity (Wildman–Crippen MR) is 122 cm³/mol. The van der Waals surface area contributed by atoms with Crippen molar-refractivity contribution in [3.63, 3.8) is 0 Å². The summed E-state index contributed by atoms with van der Waals surface area (Å²) in [7, 11) is 0. The largest absolute Gasteiger partial charge is 0.340 e. The van der Waals surface area contributed by atoms with Crippen molar-refractivity contribution in [3.05, 3.63) is 65.2 Å². The van der Waals surface area contributed by atoms with E-state index >= 15 is 0 Å². The summed E-state index contributed by atoms with van der Waals surface area (Å²) in [4.78, 5) is 32.1. The smallest absolute Gasteiger partial charge is 0.241 e. The maximum atomic E-state index is 13.0. The van der Waals surface area contributed by atoms with Crippen molar-refractivity contribution in [2.75, 3.05) is 44.2 Å². The average Bonchev–Trinajstić information content (AvgIpc) is 3.22. The molecule has 0 saturated carbocycles. The van der Waals surface area contributed by atoms with Gasteiger partial charge < -0.3 is 9.80 Å². The van der Waals surface area contributed by atoms with Gasteiger partial charge in [0.2, 0.25) is 11.8 Å². The summed E-state index contributed by atoms with van der Waals surface area (Å²) in [6.07, 6.45) is 4.85. The Hall–Kier alpha value is -2.66. The Morgan fingerprint density at radius 2 is 1.55 bits per heavy atom. The molecule has 5 heteroatoms. The maximum absolute atomic E-state index is 13.0. The van der Waals surface area contributed by atoms with Crippen LogP contribution in [0.5, 0.6) is 0 Å². The Morgan fingerprint density at radius 3 is 2.39 bits per heavy atom. The topological polar surface area (TPSA) is 43.9 Å². The van der Waals surface area contributed by atoms with E-state index in [-0.39, 0.29) is 11.8 Å². The molecule has 162 valence electrons. The van der Waals surface area contributed by atoms with Gasteiger partial charge in [-0.15, -0.1) is 0 Å². The van der Waals surface area contributed by atoms with Gasteiger partial charge in [-0.2, -0.15) is 0 Å². The van der Waals surface area contributed by atoms with Gasteiger partial charge in [-0.3, -0.25) is 14.5 Å². The van der Waals surface area contributed by atoms with Gasteiger partial charge >= 0.3 is 0 Å². The molecule has 2 aliphatic heterocycles. The lowest BCUT2D eigenvalue weighted by molar-refractivity contribution is -0.133. The standard InChI is InChI=1S/C26H31N3O2/c30-25(18-22-12-11-20-6-1-3-9-23(20)22)28-16-14-27(15-17-28)19-26(31)29-13-5-8-21-7-2-4-10-24(21)29/h1-4,6-7,9-10,22H,5,8,11-19H2. The first kappa shape index (κ1) is 20.3. The zero-order chi connectivity index (χ0) is 21.2. The number of fused-ring (bicyclic) bond motifs is 2. The van der Waals surface area contributed by atoms with E-state index in [1.807, 2.05) is 21.9 Å². The van der Waals surface area contributed by atoms with Crippen LogP contribution in [0.3, 0.4) is 0 Å². The molecule has 3 aliphatic rings. The molecule has 2 amide bonds. The van der Waals surface area contributed by atoms with E-state index in [2.05, 4.69) is 41.3 Å². The number of amides is 2. The van der Waals surface area contributed by atoms with Crippen LogP contribution in [-0.2, 0) is 22.4 Å². The normalized spacial score (nSPS) is 21.0. The second kappa shape index (κ2) is 8.83.